The molecule has 2 rings (SSSR count). The normalized spacial score (nSPS) is 17.8. The molecule has 0 spiro atoms. The summed E-state index contributed by atoms with van der Waals surface area (Å²) >= 11 is 0. The number of hydrogen-bond acceptors (Lipinski definition) is 4. The zero-order valence-corrected chi connectivity index (χ0v) is 13.2. The molecule has 1 saturated carbocycles. The third kappa shape index (κ3) is 2.97. The van der Waals surface area contributed by atoms with Crippen LogP contribution in [0.5, 0.6) is 5.75 Å². The number of rotatable bonds is 6. The Kier molecular flexibility index (Phi) is 4.37. The second-order valence-corrected chi connectivity index (χ2v) is 8.58. The van der Waals surface area contributed by atoms with Crippen LogP contribution in [0.25, 0.3) is 0 Å². The molecule has 0 saturated heterocycles. The van der Waals surface area contributed by atoms with E-state index < -0.39 is 14.6 Å². The van der Waals surface area contributed by atoms with E-state index in [9.17, 15) is 8.42 Å². The summed E-state index contributed by atoms with van der Waals surface area (Å²) in [5.74, 6) is 1.21. The van der Waals surface area contributed by atoms with Crippen molar-refractivity contribution in [3.05, 3.63) is 18.3 Å². The van der Waals surface area contributed by atoms with Gasteiger partial charge in [-0.1, -0.05) is 20.3 Å². The molecule has 0 bridgehead atoms. The number of aromatic nitrogens is 1. The third-order valence-corrected chi connectivity index (χ3v) is 6.51. The van der Waals surface area contributed by atoms with Crippen LogP contribution in [0.4, 0.5) is 0 Å². The molecule has 0 atom stereocenters. The Morgan fingerprint density at radius 3 is 2.50 bits per heavy atom. The summed E-state index contributed by atoms with van der Waals surface area (Å²) < 4.78 is 29.8. The molecule has 1 aliphatic rings. The van der Waals surface area contributed by atoms with Gasteiger partial charge in [-0.15, -0.1) is 0 Å². The quantitative estimate of drug-likeness (QED) is 0.809. The number of nitrogens with zero attached hydrogens (tertiary/aromatic N) is 1. The van der Waals surface area contributed by atoms with Gasteiger partial charge in [-0.05, 0) is 44.2 Å². The van der Waals surface area contributed by atoms with Gasteiger partial charge in [0.05, 0.1) is 17.6 Å². The van der Waals surface area contributed by atoms with Gasteiger partial charge in [0.15, 0.2) is 5.03 Å². The minimum atomic E-state index is -3.32. The molecule has 0 radical (unpaired) electrons. The van der Waals surface area contributed by atoms with E-state index in [-0.39, 0.29) is 5.03 Å². The van der Waals surface area contributed by atoms with Crippen LogP contribution < -0.4 is 4.74 Å². The second-order valence-electron chi connectivity index (χ2n) is 6.17. The largest absolute Gasteiger partial charge is 0.492 e. The number of ether oxygens (including phenoxy) is 1. The molecular formula is C15H23NO3S. The lowest BCUT2D eigenvalue weighted by molar-refractivity contribution is 0.288. The van der Waals surface area contributed by atoms with Crippen molar-refractivity contribution in [3.63, 3.8) is 0 Å². The number of sulfone groups is 1. The van der Waals surface area contributed by atoms with Crippen LogP contribution in [0.2, 0.25) is 0 Å². The Hall–Kier alpha value is -1.10. The summed E-state index contributed by atoms with van der Waals surface area (Å²) in [6.07, 6.45) is 4.91. The fourth-order valence-electron chi connectivity index (χ4n) is 2.22. The average molecular weight is 297 g/mol. The zero-order valence-electron chi connectivity index (χ0n) is 12.4. The van der Waals surface area contributed by atoms with Crippen LogP contribution in [0.1, 0.15) is 46.5 Å². The Morgan fingerprint density at radius 2 is 2.05 bits per heavy atom. The smallest absolute Gasteiger partial charge is 0.201 e. The maximum Gasteiger partial charge on any atom is 0.201 e. The molecule has 112 valence electrons. The standard InChI is InChI=1S/C15H23NO3S/c1-12(2)7-10-19-13-5-6-14(16-11-13)20(17,18)15(3)8-4-9-15/h5-6,11-12H,4,7-10H2,1-3H3. The van der Waals surface area contributed by atoms with Gasteiger partial charge in [0.1, 0.15) is 5.75 Å². The van der Waals surface area contributed by atoms with E-state index >= 15 is 0 Å². The second kappa shape index (κ2) is 5.72. The van der Waals surface area contributed by atoms with Crippen molar-refractivity contribution in [1.82, 2.24) is 4.98 Å². The highest BCUT2D eigenvalue weighted by Crippen LogP contribution is 2.41. The van der Waals surface area contributed by atoms with E-state index in [2.05, 4.69) is 18.8 Å². The lowest BCUT2D eigenvalue weighted by atomic mass is 9.86. The topological polar surface area (TPSA) is 56.3 Å². The van der Waals surface area contributed by atoms with Crippen LogP contribution in [0.3, 0.4) is 0 Å². The molecule has 1 aromatic heterocycles. The molecule has 1 aliphatic carbocycles. The van der Waals surface area contributed by atoms with E-state index in [1.165, 1.54) is 6.20 Å². The first-order valence-corrected chi connectivity index (χ1v) is 8.67. The lowest BCUT2D eigenvalue weighted by Crippen LogP contribution is -2.42. The van der Waals surface area contributed by atoms with Crippen LogP contribution in [-0.4, -0.2) is 24.8 Å². The Balaban J connectivity index is 2.05. The summed E-state index contributed by atoms with van der Waals surface area (Å²) in [5, 5.41) is 0.163. The minimum absolute atomic E-state index is 0.163. The molecule has 5 heteroatoms. The van der Waals surface area contributed by atoms with Gasteiger partial charge >= 0.3 is 0 Å². The van der Waals surface area contributed by atoms with E-state index in [1.54, 1.807) is 19.1 Å². The van der Waals surface area contributed by atoms with Crippen molar-refractivity contribution in [2.75, 3.05) is 6.61 Å². The Morgan fingerprint density at radius 1 is 1.35 bits per heavy atom. The van der Waals surface area contributed by atoms with Crippen molar-refractivity contribution in [3.8, 4) is 5.75 Å². The molecule has 0 N–H and O–H groups in total. The SMILES string of the molecule is CC(C)CCOc1ccc(S(=O)(=O)C2(C)CCC2)nc1. The van der Waals surface area contributed by atoms with Gasteiger partial charge in [0.25, 0.3) is 0 Å². The molecule has 0 unspecified atom stereocenters. The molecule has 0 aliphatic heterocycles. The van der Waals surface area contributed by atoms with Crippen LogP contribution in [0.15, 0.2) is 23.4 Å². The Bertz CT molecular complexity index is 545. The van der Waals surface area contributed by atoms with Crippen LogP contribution in [-0.2, 0) is 9.84 Å². The van der Waals surface area contributed by atoms with E-state index in [0.717, 1.165) is 25.7 Å². The summed E-state index contributed by atoms with van der Waals surface area (Å²) in [5.41, 5.74) is 0. The molecule has 0 aromatic carbocycles. The number of hydrogen-bond donors (Lipinski definition) is 0. The minimum Gasteiger partial charge on any atom is -0.492 e. The van der Waals surface area contributed by atoms with E-state index in [0.29, 0.717) is 18.3 Å². The number of pyridine rings is 1. The lowest BCUT2D eigenvalue weighted by Gasteiger charge is -2.36. The van der Waals surface area contributed by atoms with E-state index in [4.69, 9.17) is 4.74 Å². The summed E-state index contributed by atoms with van der Waals surface area (Å²) in [7, 11) is -3.32. The van der Waals surface area contributed by atoms with E-state index in [1.807, 2.05) is 0 Å². The molecule has 1 aromatic rings. The first-order chi connectivity index (χ1) is 9.35. The van der Waals surface area contributed by atoms with Gasteiger partial charge in [0, 0.05) is 0 Å². The van der Waals surface area contributed by atoms with Crippen molar-refractivity contribution in [2.45, 2.75) is 56.2 Å². The van der Waals surface area contributed by atoms with Crippen molar-refractivity contribution in [2.24, 2.45) is 5.92 Å². The predicted octanol–water partition coefficient (Wildman–Crippen LogP) is 3.22. The molecular weight excluding hydrogens is 274 g/mol. The molecule has 1 heterocycles. The highest BCUT2D eigenvalue weighted by molar-refractivity contribution is 7.92. The van der Waals surface area contributed by atoms with Gasteiger partial charge in [-0.25, -0.2) is 13.4 Å². The molecule has 1 fully saturated rings. The van der Waals surface area contributed by atoms with Crippen molar-refractivity contribution in [1.29, 1.82) is 0 Å². The first-order valence-electron chi connectivity index (χ1n) is 7.19. The monoisotopic (exact) mass is 297 g/mol. The predicted molar refractivity (Wildman–Crippen MR) is 78.6 cm³/mol. The highest BCUT2D eigenvalue weighted by atomic mass is 32.2. The van der Waals surface area contributed by atoms with Gasteiger partial charge in [0.2, 0.25) is 9.84 Å². The third-order valence-electron chi connectivity index (χ3n) is 4.01. The summed E-state index contributed by atoms with van der Waals surface area (Å²) in [4.78, 5) is 4.08. The maximum atomic E-state index is 12.4. The van der Waals surface area contributed by atoms with Crippen LogP contribution >= 0.6 is 0 Å². The maximum absolute atomic E-state index is 12.4. The molecule has 4 nitrogen and oxygen atoms in total. The fraction of sp³-hybridized carbons (Fsp3) is 0.667. The Labute approximate surface area is 121 Å². The molecule has 0 amide bonds. The zero-order chi connectivity index (χ0) is 14.8. The van der Waals surface area contributed by atoms with Gasteiger partial charge in [-0.3, -0.25) is 0 Å². The van der Waals surface area contributed by atoms with Crippen molar-refractivity contribution >= 4 is 9.84 Å². The first kappa shape index (κ1) is 15.3. The molecule has 20 heavy (non-hydrogen) atoms. The summed E-state index contributed by atoms with van der Waals surface area (Å²) in [6, 6.07) is 3.26. The average Bonchev–Trinajstić information content (AvgIpc) is 2.36. The highest BCUT2D eigenvalue weighted by Gasteiger charge is 2.45. The summed E-state index contributed by atoms with van der Waals surface area (Å²) in [6.45, 7) is 6.71. The van der Waals surface area contributed by atoms with Gasteiger partial charge < -0.3 is 4.74 Å². The fourth-order valence-corrected chi connectivity index (χ4v) is 3.99. The van der Waals surface area contributed by atoms with Gasteiger partial charge in [-0.2, -0.15) is 0 Å². The van der Waals surface area contributed by atoms with Crippen molar-refractivity contribution < 1.29 is 13.2 Å². The van der Waals surface area contributed by atoms with Crippen LogP contribution in [0, 0.1) is 5.92 Å².